The van der Waals surface area contributed by atoms with Crippen molar-refractivity contribution in [2.24, 2.45) is 0 Å². The van der Waals surface area contributed by atoms with Gasteiger partial charge in [-0.3, -0.25) is 14.6 Å². The van der Waals surface area contributed by atoms with Crippen LogP contribution in [0.3, 0.4) is 0 Å². The van der Waals surface area contributed by atoms with Crippen LogP contribution in [0.4, 0.5) is 13.2 Å². The van der Waals surface area contributed by atoms with Crippen LogP contribution in [0.2, 0.25) is 0 Å². The second-order valence-corrected chi connectivity index (χ2v) is 7.16. The predicted molar refractivity (Wildman–Crippen MR) is 89.0 cm³/mol. The number of ether oxygens (including phenoxy) is 2. The molecule has 0 aliphatic rings. The second-order valence-electron chi connectivity index (χ2n) is 5.41. The molecule has 2 rings (SSSR count). The fourth-order valence-electron chi connectivity index (χ4n) is 2.00. The molecule has 0 fully saturated rings. The third-order valence-corrected chi connectivity index (χ3v) is 3.73. The molecule has 1 amide bonds. The Morgan fingerprint density at radius 2 is 1.96 bits per heavy atom. The quantitative estimate of drug-likeness (QED) is 0.684. The van der Waals surface area contributed by atoms with Gasteiger partial charge in [0, 0.05) is 17.8 Å². The molecule has 150 valence electrons. The third kappa shape index (κ3) is 5.94. The number of aromatic nitrogens is 1. The lowest BCUT2D eigenvalue weighted by Gasteiger charge is -2.11. The molecule has 0 spiro atoms. The Morgan fingerprint density at radius 1 is 1.25 bits per heavy atom. The van der Waals surface area contributed by atoms with Crippen LogP contribution in [-0.2, 0) is 27.6 Å². The van der Waals surface area contributed by atoms with Crippen molar-refractivity contribution >= 4 is 22.4 Å². The molecule has 1 N–H and O–H groups in total. The minimum Gasteiger partial charge on any atom is -0.489 e. The van der Waals surface area contributed by atoms with Gasteiger partial charge in [-0.25, -0.2) is 13.1 Å². The Hall–Kier alpha value is -3.15. The SMILES string of the molecule is CS(=O)(=O)NC(=O)c1ccc(OCc2ccc(C(F)(F)F)nc2)cc1OC=O. The standard InChI is InChI=1S/C16H13F3N2O6S/c1-28(24,25)21-15(23)12-4-3-11(6-13(12)27-9-22)26-8-10-2-5-14(20-7-10)16(17,18)19/h2-7,9H,8H2,1H3,(H,21,23). The number of nitrogens with zero attached hydrogens (tertiary/aromatic N) is 1. The minimum absolute atomic E-state index is 0.0378. The average Bonchev–Trinajstić information content (AvgIpc) is 2.58. The first-order valence-corrected chi connectivity index (χ1v) is 9.30. The summed E-state index contributed by atoms with van der Waals surface area (Å²) < 4.78 is 71.5. The molecule has 1 aromatic carbocycles. The summed E-state index contributed by atoms with van der Waals surface area (Å²) in [5.74, 6) is -1.16. The van der Waals surface area contributed by atoms with Crippen LogP contribution >= 0.6 is 0 Å². The van der Waals surface area contributed by atoms with Crippen LogP contribution in [0, 0.1) is 0 Å². The molecule has 1 heterocycles. The number of carbonyl (C=O) groups excluding carboxylic acids is 2. The second kappa shape index (κ2) is 8.25. The maximum absolute atomic E-state index is 12.5. The summed E-state index contributed by atoms with van der Waals surface area (Å²) in [7, 11) is -3.84. The number of rotatable bonds is 7. The first-order chi connectivity index (χ1) is 13.0. The van der Waals surface area contributed by atoms with Gasteiger partial charge >= 0.3 is 6.18 Å². The Morgan fingerprint density at radius 3 is 2.50 bits per heavy atom. The van der Waals surface area contributed by atoms with Gasteiger partial charge in [-0.05, 0) is 18.2 Å². The highest BCUT2D eigenvalue weighted by molar-refractivity contribution is 7.89. The van der Waals surface area contributed by atoms with Crippen molar-refractivity contribution in [3.8, 4) is 11.5 Å². The predicted octanol–water partition coefficient (Wildman–Crippen LogP) is 1.90. The maximum Gasteiger partial charge on any atom is 0.433 e. The summed E-state index contributed by atoms with van der Waals surface area (Å²) >= 11 is 0. The lowest BCUT2D eigenvalue weighted by molar-refractivity contribution is -0.141. The summed E-state index contributed by atoms with van der Waals surface area (Å²) in [6, 6.07) is 5.61. The van der Waals surface area contributed by atoms with Crippen molar-refractivity contribution in [3.63, 3.8) is 0 Å². The van der Waals surface area contributed by atoms with E-state index in [2.05, 4.69) is 9.72 Å². The summed E-state index contributed by atoms with van der Waals surface area (Å²) in [6.45, 7) is -0.114. The number of nitrogens with one attached hydrogen (secondary N) is 1. The first-order valence-electron chi connectivity index (χ1n) is 7.41. The molecule has 28 heavy (non-hydrogen) atoms. The highest BCUT2D eigenvalue weighted by atomic mass is 32.2. The number of sulfonamides is 1. The van der Waals surface area contributed by atoms with E-state index in [0.29, 0.717) is 5.56 Å². The zero-order chi connectivity index (χ0) is 20.9. The number of pyridine rings is 1. The van der Waals surface area contributed by atoms with Crippen molar-refractivity contribution < 1.29 is 40.7 Å². The highest BCUT2D eigenvalue weighted by Crippen LogP contribution is 2.28. The van der Waals surface area contributed by atoms with Crippen LogP contribution in [0.1, 0.15) is 21.6 Å². The highest BCUT2D eigenvalue weighted by Gasteiger charge is 2.32. The summed E-state index contributed by atoms with van der Waals surface area (Å²) in [5, 5.41) is 0. The monoisotopic (exact) mass is 418 g/mol. The van der Waals surface area contributed by atoms with Gasteiger partial charge < -0.3 is 9.47 Å². The zero-order valence-corrected chi connectivity index (χ0v) is 15.0. The van der Waals surface area contributed by atoms with Crippen molar-refractivity contribution in [1.82, 2.24) is 9.71 Å². The van der Waals surface area contributed by atoms with Gasteiger partial charge in [0.05, 0.1) is 11.8 Å². The van der Waals surface area contributed by atoms with E-state index in [1.165, 1.54) is 18.2 Å². The topological polar surface area (TPSA) is 112 Å². The van der Waals surface area contributed by atoms with Gasteiger partial charge in [0.25, 0.3) is 12.4 Å². The van der Waals surface area contributed by atoms with Crippen molar-refractivity contribution in [2.45, 2.75) is 12.8 Å². The molecular weight excluding hydrogens is 405 g/mol. The largest absolute Gasteiger partial charge is 0.489 e. The average molecular weight is 418 g/mol. The molecule has 2 aromatic rings. The number of benzene rings is 1. The van der Waals surface area contributed by atoms with Crippen LogP contribution in [0.5, 0.6) is 11.5 Å². The molecule has 0 radical (unpaired) electrons. The van der Waals surface area contributed by atoms with E-state index in [-0.39, 0.29) is 30.1 Å². The number of amides is 1. The van der Waals surface area contributed by atoms with E-state index in [1.54, 1.807) is 4.72 Å². The molecule has 8 nitrogen and oxygen atoms in total. The first kappa shape index (κ1) is 21.2. The van der Waals surface area contributed by atoms with Gasteiger partial charge in [0.15, 0.2) is 0 Å². The van der Waals surface area contributed by atoms with Crippen LogP contribution in [0.15, 0.2) is 36.5 Å². The maximum atomic E-state index is 12.5. The Labute approximate surface area is 157 Å². The van der Waals surface area contributed by atoms with Gasteiger partial charge in [-0.15, -0.1) is 0 Å². The minimum atomic E-state index is -4.55. The Balaban J connectivity index is 2.15. The fourth-order valence-corrected chi connectivity index (χ4v) is 2.44. The molecule has 0 unspecified atom stereocenters. The summed E-state index contributed by atoms with van der Waals surface area (Å²) in [4.78, 5) is 25.9. The van der Waals surface area contributed by atoms with Gasteiger partial charge in [0.1, 0.15) is 23.8 Å². The summed E-state index contributed by atoms with van der Waals surface area (Å²) in [6.07, 6.45) is -2.77. The van der Waals surface area contributed by atoms with E-state index < -0.39 is 27.8 Å². The lowest BCUT2D eigenvalue weighted by Crippen LogP contribution is -2.29. The molecular formula is C16H13F3N2O6S. The Bertz CT molecular complexity index is 975. The summed E-state index contributed by atoms with van der Waals surface area (Å²) in [5.41, 5.74) is -0.940. The number of carbonyl (C=O) groups is 2. The van der Waals surface area contributed by atoms with Gasteiger partial charge in [-0.2, -0.15) is 13.2 Å². The molecule has 0 atom stereocenters. The third-order valence-electron chi connectivity index (χ3n) is 3.17. The van der Waals surface area contributed by atoms with Crippen molar-refractivity contribution in [1.29, 1.82) is 0 Å². The Kier molecular flexibility index (Phi) is 6.23. The molecule has 0 aliphatic carbocycles. The lowest BCUT2D eigenvalue weighted by atomic mass is 10.2. The zero-order valence-electron chi connectivity index (χ0n) is 14.2. The van der Waals surface area contributed by atoms with Gasteiger partial charge in [0.2, 0.25) is 10.0 Å². The van der Waals surface area contributed by atoms with E-state index in [9.17, 15) is 31.2 Å². The fraction of sp³-hybridized carbons (Fsp3) is 0.188. The van der Waals surface area contributed by atoms with E-state index in [4.69, 9.17) is 4.74 Å². The normalized spacial score (nSPS) is 11.6. The molecule has 0 saturated heterocycles. The van der Waals surface area contributed by atoms with Crippen LogP contribution < -0.4 is 14.2 Å². The van der Waals surface area contributed by atoms with Crippen LogP contribution in [-0.4, -0.2) is 32.0 Å². The van der Waals surface area contributed by atoms with Crippen molar-refractivity contribution in [2.75, 3.05) is 6.26 Å². The van der Waals surface area contributed by atoms with E-state index in [0.717, 1.165) is 24.6 Å². The smallest absolute Gasteiger partial charge is 0.433 e. The molecule has 1 aromatic heterocycles. The number of hydrogen-bond donors (Lipinski definition) is 1. The van der Waals surface area contributed by atoms with E-state index in [1.807, 2.05) is 0 Å². The van der Waals surface area contributed by atoms with Crippen molar-refractivity contribution in [3.05, 3.63) is 53.3 Å². The number of alkyl halides is 3. The van der Waals surface area contributed by atoms with Crippen LogP contribution in [0.25, 0.3) is 0 Å². The molecule has 12 heteroatoms. The number of hydrogen-bond acceptors (Lipinski definition) is 7. The number of halogens is 3. The van der Waals surface area contributed by atoms with Gasteiger partial charge in [-0.1, -0.05) is 6.07 Å². The molecule has 0 aliphatic heterocycles. The molecule has 0 bridgehead atoms. The van der Waals surface area contributed by atoms with E-state index >= 15 is 0 Å². The molecule has 0 saturated carbocycles.